The summed E-state index contributed by atoms with van der Waals surface area (Å²) in [5, 5.41) is 11.8. The van der Waals surface area contributed by atoms with Gasteiger partial charge in [0.15, 0.2) is 0 Å². The van der Waals surface area contributed by atoms with E-state index in [4.69, 9.17) is 14.6 Å². The Bertz CT molecular complexity index is 601. The summed E-state index contributed by atoms with van der Waals surface area (Å²) in [6.45, 7) is 8.49. The van der Waals surface area contributed by atoms with Crippen molar-refractivity contribution >= 4 is 12.2 Å². The van der Waals surface area contributed by atoms with Gasteiger partial charge in [-0.3, -0.25) is 0 Å². The molecule has 0 heterocycles. The molecule has 0 saturated carbocycles. The Morgan fingerprint density at radius 3 is 2.41 bits per heavy atom. The summed E-state index contributed by atoms with van der Waals surface area (Å²) in [6, 6.07) is 9.24. The predicted octanol–water partition coefficient (Wildman–Crippen LogP) is 4.09. The smallest absolute Gasteiger partial charge is 0.410 e. The van der Waals surface area contributed by atoms with Gasteiger partial charge in [-0.1, -0.05) is 50.1 Å². The van der Waals surface area contributed by atoms with Crippen molar-refractivity contribution in [2.75, 3.05) is 19.8 Å². The molecule has 1 unspecified atom stereocenters. The number of alkyl carbamates (subject to hydrolysis) is 1. The van der Waals surface area contributed by atoms with Crippen LogP contribution in [0.3, 0.4) is 0 Å². The Kier molecular flexibility index (Phi) is 11.1. The largest absolute Gasteiger partial charge is 0.449 e. The highest BCUT2D eigenvalue weighted by molar-refractivity contribution is 5.69. The number of amides is 2. The SMILES string of the molecule is CCCCC(CN(C(=O)OCCCO)C(C)(C)C)NC(=O)OCc1ccccc1. The number of nitrogens with zero attached hydrogens (tertiary/aromatic N) is 1. The molecule has 0 aliphatic rings. The zero-order chi connectivity index (χ0) is 21.7. The Morgan fingerprint density at radius 2 is 1.83 bits per heavy atom. The molecule has 1 aromatic carbocycles. The van der Waals surface area contributed by atoms with Crippen LogP contribution in [0.2, 0.25) is 0 Å². The van der Waals surface area contributed by atoms with Gasteiger partial charge in [0, 0.05) is 31.2 Å². The van der Waals surface area contributed by atoms with E-state index in [2.05, 4.69) is 12.2 Å². The van der Waals surface area contributed by atoms with Gasteiger partial charge in [0.25, 0.3) is 0 Å². The van der Waals surface area contributed by atoms with E-state index >= 15 is 0 Å². The average molecular weight is 409 g/mol. The third kappa shape index (κ3) is 10.2. The third-order valence-electron chi connectivity index (χ3n) is 4.40. The lowest BCUT2D eigenvalue weighted by atomic mass is 10.0. The van der Waals surface area contributed by atoms with E-state index in [1.165, 1.54) is 0 Å². The van der Waals surface area contributed by atoms with E-state index in [1.807, 2.05) is 51.1 Å². The first-order valence-electron chi connectivity index (χ1n) is 10.3. The molecule has 0 saturated heterocycles. The van der Waals surface area contributed by atoms with Crippen LogP contribution in [0, 0.1) is 0 Å². The molecule has 1 rings (SSSR count). The number of hydrogen-bond acceptors (Lipinski definition) is 5. The lowest BCUT2D eigenvalue weighted by Crippen LogP contribution is -2.53. The molecule has 0 aliphatic heterocycles. The third-order valence-corrected chi connectivity index (χ3v) is 4.40. The molecular weight excluding hydrogens is 372 g/mol. The normalized spacial score (nSPS) is 12.2. The second-order valence-corrected chi connectivity index (χ2v) is 8.02. The average Bonchev–Trinajstić information content (AvgIpc) is 2.68. The molecule has 0 radical (unpaired) electrons. The van der Waals surface area contributed by atoms with Gasteiger partial charge >= 0.3 is 12.2 Å². The minimum atomic E-state index is -0.502. The first-order valence-corrected chi connectivity index (χ1v) is 10.3. The van der Waals surface area contributed by atoms with Crippen LogP contribution < -0.4 is 5.32 Å². The first-order chi connectivity index (χ1) is 13.8. The van der Waals surface area contributed by atoms with Crippen LogP contribution in [-0.4, -0.2) is 53.5 Å². The standard InChI is InChI=1S/C22H36N2O5/c1-5-6-13-19(23-20(26)29-17-18-11-8-7-9-12-18)16-24(22(2,3)4)21(27)28-15-10-14-25/h7-9,11-12,19,25H,5-6,10,13-17H2,1-4H3,(H,23,26). The molecule has 2 amide bonds. The number of nitrogens with one attached hydrogen (secondary N) is 1. The molecule has 29 heavy (non-hydrogen) atoms. The number of aliphatic hydroxyl groups excluding tert-OH is 1. The van der Waals surface area contributed by atoms with Crippen molar-refractivity contribution < 1.29 is 24.2 Å². The summed E-state index contributed by atoms with van der Waals surface area (Å²) < 4.78 is 10.6. The molecule has 7 nitrogen and oxygen atoms in total. The number of rotatable bonds is 11. The van der Waals surface area contributed by atoms with Crippen LogP contribution in [-0.2, 0) is 16.1 Å². The summed E-state index contributed by atoms with van der Waals surface area (Å²) in [6.07, 6.45) is 2.07. The maximum Gasteiger partial charge on any atom is 0.410 e. The first kappa shape index (κ1) is 24.8. The maximum atomic E-state index is 12.5. The van der Waals surface area contributed by atoms with Gasteiger partial charge < -0.3 is 24.8 Å². The zero-order valence-electron chi connectivity index (χ0n) is 18.1. The molecular formula is C22H36N2O5. The quantitative estimate of drug-likeness (QED) is 0.539. The monoisotopic (exact) mass is 408 g/mol. The minimum absolute atomic E-state index is 0.0310. The van der Waals surface area contributed by atoms with E-state index < -0.39 is 17.7 Å². The molecule has 0 aliphatic carbocycles. The van der Waals surface area contributed by atoms with Crippen molar-refractivity contribution in [1.82, 2.24) is 10.2 Å². The van der Waals surface area contributed by atoms with Gasteiger partial charge in [0.05, 0.1) is 6.61 Å². The molecule has 1 atom stereocenters. The van der Waals surface area contributed by atoms with Crippen molar-refractivity contribution in [3.05, 3.63) is 35.9 Å². The van der Waals surface area contributed by atoms with E-state index in [0.717, 1.165) is 24.8 Å². The zero-order valence-corrected chi connectivity index (χ0v) is 18.1. The van der Waals surface area contributed by atoms with Crippen LogP contribution >= 0.6 is 0 Å². The Balaban J connectivity index is 2.71. The number of ether oxygens (including phenoxy) is 2. The number of carbonyl (C=O) groups is 2. The fourth-order valence-corrected chi connectivity index (χ4v) is 2.74. The molecule has 2 N–H and O–H groups in total. The highest BCUT2D eigenvalue weighted by atomic mass is 16.6. The number of benzene rings is 1. The van der Waals surface area contributed by atoms with Gasteiger partial charge in [-0.15, -0.1) is 0 Å². The van der Waals surface area contributed by atoms with Crippen LogP contribution in [0.25, 0.3) is 0 Å². The second-order valence-electron chi connectivity index (χ2n) is 8.02. The minimum Gasteiger partial charge on any atom is -0.449 e. The van der Waals surface area contributed by atoms with Crippen molar-refractivity contribution in [3.63, 3.8) is 0 Å². The lowest BCUT2D eigenvalue weighted by Gasteiger charge is -2.37. The predicted molar refractivity (Wildman–Crippen MR) is 113 cm³/mol. The number of aliphatic hydroxyl groups is 1. The Labute approximate surface area is 174 Å². The van der Waals surface area contributed by atoms with Crippen molar-refractivity contribution in [2.24, 2.45) is 0 Å². The van der Waals surface area contributed by atoms with Gasteiger partial charge in [-0.25, -0.2) is 9.59 Å². The van der Waals surface area contributed by atoms with Crippen LogP contribution in [0.1, 0.15) is 58.9 Å². The van der Waals surface area contributed by atoms with Gasteiger partial charge in [0.1, 0.15) is 6.61 Å². The number of unbranched alkanes of at least 4 members (excludes halogenated alkanes) is 1. The Morgan fingerprint density at radius 1 is 1.14 bits per heavy atom. The van der Waals surface area contributed by atoms with E-state index in [0.29, 0.717) is 13.0 Å². The van der Waals surface area contributed by atoms with Crippen molar-refractivity contribution in [2.45, 2.75) is 71.6 Å². The van der Waals surface area contributed by atoms with Crippen LogP contribution in [0.4, 0.5) is 9.59 Å². The summed E-state index contributed by atoms with van der Waals surface area (Å²) in [5.74, 6) is 0. The summed E-state index contributed by atoms with van der Waals surface area (Å²) >= 11 is 0. The number of hydrogen-bond donors (Lipinski definition) is 2. The highest BCUT2D eigenvalue weighted by Crippen LogP contribution is 2.17. The molecule has 164 valence electrons. The van der Waals surface area contributed by atoms with E-state index in [1.54, 1.807) is 4.90 Å². The Hall–Kier alpha value is -2.28. The molecule has 0 aromatic heterocycles. The summed E-state index contributed by atoms with van der Waals surface area (Å²) in [5.41, 5.74) is 0.438. The van der Waals surface area contributed by atoms with Crippen LogP contribution in [0.15, 0.2) is 30.3 Å². The van der Waals surface area contributed by atoms with Gasteiger partial charge in [-0.05, 0) is 32.8 Å². The van der Waals surface area contributed by atoms with Crippen LogP contribution in [0.5, 0.6) is 0 Å². The number of carbonyl (C=O) groups excluding carboxylic acids is 2. The van der Waals surface area contributed by atoms with Crippen molar-refractivity contribution in [1.29, 1.82) is 0 Å². The fraction of sp³-hybridized carbons (Fsp3) is 0.636. The molecule has 0 fully saturated rings. The molecule has 0 bridgehead atoms. The van der Waals surface area contributed by atoms with Gasteiger partial charge in [0.2, 0.25) is 0 Å². The van der Waals surface area contributed by atoms with E-state index in [-0.39, 0.29) is 25.9 Å². The highest BCUT2D eigenvalue weighted by Gasteiger charge is 2.30. The molecule has 1 aromatic rings. The maximum absolute atomic E-state index is 12.5. The second kappa shape index (κ2) is 13.0. The van der Waals surface area contributed by atoms with Gasteiger partial charge in [-0.2, -0.15) is 0 Å². The topological polar surface area (TPSA) is 88.1 Å². The lowest BCUT2D eigenvalue weighted by molar-refractivity contribution is 0.0566. The summed E-state index contributed by atoms with van der Waals surface area (Å²) in [4.78, 5) is 26.5. The van der Waals surface area contributed by atoms with Crippen molar-refractivity contribution in [3.8, 4) is 0 Å². The molecule has 7 heteroatoms. The van der Waals surface area contributed by atoms with E-state index in [9.17, 15) is 9.59 Å². The fourth-order valence-electron chi connectivity index (χ4n) is 2.74. The molecule has 0 spiro atoms. The summed E-state index contributed by atoms with van der Waals surface area (Å²) in [7, 11) is 0.